The van der Waals surface area contributed by atoms with E-state index in [9.17, 15) is 0 Å². The van der Waals surface area contributed by atoms with Crippen LogP contribution in [-0.4, -0.2) is 15.0 Å². The van der Waals surface area contributed by atoms with Crippen molar-refractivity contribution in [3.63, 3.8) is 0 Å². The van der Waals surface area contributed by atoms with E-state index in [1.54, 1.807) is 0 Å². The van der Waals surface area contributed by atoms with E-state index in [1.165, 1.54) is 22.3 Å². The van der Waals surface area contributed by atoms with E-state index in [0.29, 0.717) is 17.5 Å². The fraction of sp³-hybridized carbons (Fsp3) is 0. The van der Waals surface area contributed by atoms with E-state index in [4.69, 9.17) is 19.4 Å². The van der Waals surface area contributed by atoms with Crippen molar-refractivity contribution in [1.82, 2.24) is 15.0 Å². The van der Waals surface area contributed by atoms with E-state index < -0.39 is 0 Å². The smallest absolute Gasteiger partial charge is 0.164 e. The molecule has 0 aliphatic carbocycles. The number of benzene rings is 8. The van der Waals surface area contributed by atoms with Crippen LogP contribution in [-0.2, 0) is 0 Å². The Labute approximate surface area is 306 Å². The number of fused-ring (bicyclic) bond motifs is 4. The molecule has 10 rings (SSSR count). The van der Waals surface area contributed by atoms with Gasteiger partial charge in [0.05, 0.1) is 0 Å². The quantitative estimate of drug-likeness (QED) is 0.176. The van der Waals surface area contributed by atoms with Crippen LogP contribution in [0.1, 0.15) is 0 Å². The van der Waals surface area contributed by atoms with Crippen molar-refractivity contribution in [2.45, 2.75) is 0 Å². The van der Waals surface area contributed by atoms with E-state index >= 15 is 0 Å². The Morgan fingerprint density at radius 3 is 1.51 bits per heavy atom. The molecule has 0 fully saturated rings. The molecule has 2 heterocycles. The van der Waals surface area contributed by atoms with Gasteiger partial charge in [-0.25, -0.2) is 15.0 Å². The second-order valence-corrected chi connectivity index (χ2v) is 13.2. The first kappa shape index (κ1) is 30.6. The highest BCUT2D eigenvalue weighted by atomic mass is 16.3. The highest BCUT2D eigenvalue weighted by Crippen LogP contribution is 2.40. The van der Waals surface area contributed by atoms with Gasteiger partial charge in [0.25, 0.3) is 0 Å². The molecular formula is C49H31N3O. The maximum absolute atomic E-state index is 6.54. The molecule has 0 aliphatic heterocycles. The number of hydrogen-bond donors (Lipinski definition) is 0. The van der Waals surface area contributed by atoms with Gasteiger partial charge in [0.15, 0.2) is 17.5 Å². The summed E-state index contributed by atoms with van der Waals surface area (Å²) in [6.45, 7) is 0. The van der Waals surface area contributed by atoms with Gasteiger partial charge in [-0.1, -0.05) is 164 Å². The molecular weight excluding hydrogens is 647 g/mol. The minimum absolute atomic E-state index is 0.587. The predicted octanol–water partition coefficient (Wildman–Crippen LogP) is 12.9. The van der Waals surface area contributed by atoms with Gasteiger partial charge in [-0.2, -0.15) is 0 Å². The summed E-state index contributed by atoms with van der Waals surface area (Å²) in [7, 11) is 0. The van der Waals surface area contributed by atoms with Crippen LogP contribution < -0.4 is 0 Å². The number of nitrogens with zero attached hydrogens (tertiary/aromatic N) is 3. The van der Waals surface area contributed by atoms with Crippen LogP contribution in [0.4, 0.5) is 0 Å². The van der Waals surface area contributed by atoms with Gasteiger partial charge >= 0.3 is 0 Å². The van der Waals surface area contributed by atoms with Crippen LogP contribution in [0.15, 0.2) is 192 Å². The molecule has 4 heteroatoms. The molecule has 2 aromatic heterocycles. The first-order chi connectivity index (χ1) is 26.3. The molecule has 0 saturated heterocycles. The lowest BCUT2D eigenvalue weighted by Gasteiger charge is -2.13. The summed E-state index contributed by atoms with van der Waals surface area (Å²) >= 11 is 0. The average molecular weight is 678 g/mol. The number of rotatable bonds is 6. The first-order valence-corrected chi connectivity index (χ1v) is 17.8. The number of aromatic nitrogens is 3. The molecule has 0 aliphatic rings. The second-order valence-electron chi connectivity index (χ2n) is 13.2. The molecule has 0 bridgehead atoms. The molecule has 0 saturated carbocycles. The maximum Gasteiger partial charge on any atom is 0.164 e. The normalized spacial score (nSPS) is 11.4. The van der Waals surface area contributed by atoms with E-state index in [-0.39, 0.29) is 0 Å². The maximum atomic E-state index is 6.54. The van der Waals surface area contributed by atoms with E-state index in [0.717, 1.165) is 60.5 Å². The van der Waals surface area contributed by atoms with Crippen LogP contribution in [0.5, 0.6) is 0 Å². The zero-order valence-electron chi connectivity index (χ0n) is 28.6. The lowest BCUT2D eigenvalue weighted by Crippen LogP contribution is -2.00. The van der Waals surface area contributed by atoms with Crippen molar-refractivity contribution in [3.8, 4) is 67.5 Å². The molecule has 10 aromatic rings. The Balaban J connectivity index is 1.10. The van der Waals surface area contributed by atoms with Crippen molar-refractivity contribution in [1.29, 1.82) is 0 Å². The summed E-state index contributed by atoms with van der Waals surface area (Å²) in [5.74, 6) is 1.83. The SMILES string of the molecule is c1ccc(-c2ccc(-c3cccc4oc5cc(-c6nc(-c7ccccc7)nc(-c7ccc(-c8ccccc8)c8ccccc78)n6)ccc5c34)cc2)cc1. The first-order valence-electron chi connectivity index (χ1n) is 17.8. The molecule has 8 aromatic carbocycles. The number of hydrogen-bond acceptors (Lipinski definition) is 4. The average Bonchev–Trinajstić information content (AvgIpc) is 3.62. The highest BCUT2D eigenvalue weighted by Gasteiger charge is 2.18. The molecule has 0 N–H and O–H groups in total. The zero-order valence-corrected chi connectivity index (χ0v) is 28.6. The van der Waals surface area contributed by atoms with Crippen LogP contribution >= 0.6 is 0 Å². The summed E-state index contributed by atoms with van der Waals surface area (Å²) in [6.07, 6.45) is 0. The van der Waals surface area contributed by atoms with Gasteiger partial charge in [-0.15, -0.1) is 0 Å². The van der Waals surface area contributed by atoms with Crippen molar-refractivity contribution in [3.05, 3.63) is 188 Å². The van der Waals surface area contributed by atoms with Crippen molar-refractivity contribution >= 4 is 32.7 Å². The number of furan rings is 1. The zero-order chi connectivity index (χ0) is 35.1. The summed E-state index contributed by atoms with van der Waals surface area (Å²) in [5, 5.41) is 4.37. The summed E-state index contributed by atoms with van der Waals surface area (Å²) in [5.41, 5.74) is 11.4. The predicted molar refractivity (Wildman–Crippen MR) is 217 cm³/mol. The molecule has 0 radical (unpaired) electrons. The lowest BCUT2D eigenvalue weighted by atomic mass is 9.94. The Hall–Kier alpha value is -7.17. The minimum Gasteiger partial charge on any atom is -0.456 e. The Bertz CT molecular complexity index is 2920. The van der Waals surface area contributed by atoms with Crippen LogP contribution in [0.2, 0.25) is 0 Å². The van der Waals surface area contributed by atoms with Gasteiger partial charge in [0, 0.05) is 27.5 Å². The van der Waals surface area contributed by atoms with Gasteiger partial charge in [-0.3, -0.25) is 0 Å². The van der Waals surface area contributed by atoms with Gasteiger partial charge < -0.3 is 4.42 Å². The van der Waals surface area contributed by atoms with Crippen LogP contribution in [0.3, 0.4) is 0 Å². The van der Waals surface area contributed by atoms with Crippen molar-refractivity contribution in [2.75, 3.05) is 0 Å². The van der Waals surface area contributed by atoms with Crippen LogP contribution in [0.25, 0.3) is 100 Å². The molecule has 0 spiro atoms. The molecule has 0 amide bonds. The third kappa shape index (κ3) is 5.54. The fourth-order valence-electron chi connectivity index (χ4n) is 7.38. The van der Waals surface area contributed by atoms with E-state index in [2.05, 4.69) is 140 Å². The van der Waals surface area contributed by atoms with Gasteiger partial charge in [-0.05, 0) is 68.4 Å². The topological polar surface area (TPSA) is 51.8 Å². The fourth-order valence-corrected chi connectivity index (χ4v) is 7.38. The largest absolute Gasteiger partial charge is 0.456 e. The monoisotopic (exact) mass is 677 g/mol. The Kier molecular flexibility index (Phi) is 7.43. The van der Waals surface area contributed by atoms with E-state index in [1.807, 2.05) is 48.5 Å². The Morgan fingerprint density at radius 2 is 0.792 bits per heavy atom. The van der Waals surface area contributed by atoms with Crippen molar-refractivity contribution < 1.29 is 4.42 Å². The molecule has 248 valence electrons. The highest BCUT2D eigenvalue weighted by molar-refractivity contribution is 6.13. The molecule has 53 heavy (non-hydrogen) atoms. The van der Waals surface area contributed by atoms with Gasteiger partial charge in [0.2, 0.25) is 0 Å². The summed E-state index contributed by atoms with van der Waals surface area (Å²) < 4.78 is 6.54. The van der Waals surface area contributed by atoms with Crippen LogP contribution in [0, 0.1) is 0 Å². The molecule has 4 nitrogen and oxygen atoms in total. The minimum atomic E-state index is 0.587. The summed E-state index contributed by atoms with van der Waals surface area (Å²) in [6, 6.07) is 65.1. The lowest BCUT2D eigenvalue weighted by molar-refractivity contribution is 0.669. The molecule has 0 unspecified atom stereocenters. The third-order valence-corrected chi connectivity index (χ3v) is 9.98. The Morgan fingerprint density at radius 1 is 0.283 bits per heavy atom. The summed E-state index contributed by atoms with van der Waals surface area (Å²) in [4.78, 5) is 15.3. The van der Waals surface area contributed by atoms with Crippen molar-refractivity contribution in [2.24, 2.45) is 0 Å². The molecule has 0 atom stereocenters. The van der Waals surface area contributed by atoms with Gasteiger partial charge in [0.1, 0.15) is 11.2 Å². The standard InChI is InChI=1S/C49H31N3O/c1-4-13-32(14-5-1)33-23-25-35(26-24-33)39-21-12-22-44-46(39)43-28-27-37(31-45(43)53-44)48-50-47(36-17-8-3-9-18-36)51-49(52-48)42-30-29-38(34-15-6-2-7-16-34)40-19-10-11-20-41(40)42/h1-31H. The second kappa shape index (κ2) is 12.9. The third-order valence-electron chi connectivity index (χ3n) is 9.98.